The number of carbonyl (C=O) groups is 2. The predicted octanol–water partition coefficient (Wildman–Crippen LogP) is 5.51. The van der Waals surface area contributed by atoms with E-state index in [4.69, 9.17) is 0 Å². The minimum Gasteiger partial charge on any atom is -0.481 e. The summed E-state index contributed by atoms with van der Waals surface area (Å²) in [6, 6.07) is 22.2. The normalized spacial score (nSPS) is 25.0. The highest BCUT2D eigenvalue weighted by molar-refractivity contribution is 6.06. The summed E-state index contributed by atoms with van der Waals surface area (Å²) in [6.07, 6.45) is 8.03. The fourth-order valence-corrected chi connectivity index (χ4v) is 6.98. The number of carboxylic acids is 1. The molecule has 8 rings (SSSR count). The third kappa shape index (κ3) is 3.57. The highest BCUT2D eigenvalue weighted by atomic mass is 16.4. The molecule has 0 aliphatic heterocycles. The van der Waals surface area contributed by atoms with Crippen LogP contribution in [0.1, 0.15) is 48.0 Å². The molecule has 2 heterocycles. The van der Waals surface area contributed by atoms with E-state index < -0.39 is 11.4 Å². The number of aliphatic carboxylic acids is 1. The Hall–Kier alpha value is -3.93. The number of hydrogen-bond donors (Lipinski definition) is 2. The molecule has 4 aliphatic carbocycles. The molecule has 2 aromatic heterocycles. The second-order valence-electron chi connectivity index (χ2n) is 11.3. The number of benzene rings is 2. The maximum Gasteiger partial charge on any atom is 0.309 e. The Kier molecular flexibility index (Phi) is 4.84. The van der Waals surface area contributed by atoms with Crippen molar-refractivity contribution >= 4 is 22.8 Å². The summed E-state index contributed by atoms with van der Waals surface area (Å²) < 4.78 is 2.12. The second-order valence-corrected chi connectivity index (χ2v) is 11.3. The molecule has 4 saturated carbocycles. The average Bonchev–Trinajstić information content (AvgIpc) is 3.23. The van der Waals surface area contributed by atoms with Crippen molar-refractivity contribution in [3.63, 3.8) is 0 Å². The van der Waals surface area contributed by atoms with Gasteiger partial charge < -0.3 is 15.0 Å². The largest absolute Gasteiger partial charge is 0.481 e. The van der Waals surface area contributed by atoms with E-state index in [9.17, 15) is 14.7 Å². The van der Waals surface area contributed by atoms with Gasteiger partial charge in [0.25, 0.3) is 5.91 Å². The van der Waals surface area contributed by atoms with Gasteiger partial charge in [0.2, 0.25) is 0 Å². The Morgan fingerprint density at radius 2 is 1.78 bits per heavy atom. The van der Waals surface area contributed by atoms with Gasteiger partial charge >= 0.3 is 5.97 Å². The highest BCUT2D eigenvalue weighted by Crippen LogP contribution is 2.68. The van der Waals surface area contributed by atoms with Gasteiger partial charge in [0.05, 0.1) is 22.2 Å². The summed E-state index contributed by atoms with van der Waals surface area (Å²) in [5, 5.41) is 14.1. The molecule has 1 atom stereocenters. The smallest absolute Gasteiger partial charge is 0.309 e. The monoisotopic (exact) mass is 491 g/mol. The number of para-hydroxylation sites is 1. The highest BCUT2D eigenvalue weighted by Gasteiger charge is 2.68. The molecular formula is C31H29N3O3. The number of fused-ring (bicyclic) bond motifs is 2. The molecule has 2 aromatic carbocycles. The van der Waals surface area contributed by atoms with E-state index in [0.717, 1.165) is 53.4 Å². The molecular weight excluding hydrogens is 462 g/mol. The van der Waals surface area contributed by atoms with Crippen LogP contribution in [-0.4, -0.2) is 32.1 Å². The zero-order valence-electron chi connectivity index (χ0n) is 20.6. The lowest BCUT2D eigenvalue weighted by Gasteiger charge is -2.35. The van der Waals surface area contributed by atoms with Crippen molar-refractivity contribution in [1.29, 1.82) is 0 Å². The molecule has 4 aromatic rings. The molecule has 6 nitrogen and oxygen atoms in total. The van der Waals surface area contributed by atoms with Crippen LogP contribution in [0.5, 0.6) is 0 Å². The summed E-state index contributed by atoms with van der Waals surface area (Å²) in [7, 11) is 0. The van der Waals surface area contributed by atoms with E-state index in [1.54, 1.807) is 0 Å². The first kappa shape index (κ1) is 22.3. The Morgan fingerprint density at radius 1 is 0.973 bits per heavy atom. The first-order valence-electron chi connectivity index (χ1n) is 13.1. The van der Waals surface area contributed by atoms with Crippen molar-refractivity contribution in [3.8, 4) is 11.3 Å². The molecule has 6 heteroatoms. The van der Waals surface area contributed by atoms with E-state index in [2.05, 4.69) is 33.1 Å². The Morgan fingerprint density at radius 3 is 2.46 bits per heavy atom. The van der Waals surface area contributed by atoms with Crippen molar-refractivity contribution in [1.82, 2.24) is 14.9 Å². The number of pyridine rings is 1. The van der Waals surface area contributed by atoms with Crippen LogP contribution in [0.4, 0.5) is 0 Å². The number of rotatable bonds is 7. The van der Waals surface area contributed by atoms with Gasteiger partial charge in [-0.1, -0.05) is 48.5 Å². The number of nitrogens with zero attached hydrogens (tertiary/aromatic N) is 2. The molecule has 4 fully saturated rings. The molecule has 2 N–H and O–H groups in total. The number of carboxylic acid groups (broad SMARTS) is 1. The van der Waals surface area contributed by atoms with Crippen molar-refractivity contribution < 1.29 is 14.7 Å². The topological polar surface area (TPSA) is 84.2 Å². The van der Waals surface area contributed by atoms with E-state index in [-0.39, 0.29) is 17.4 Å². The zero-order chi connectivity index (χ0) is 25.2. The number of aromatic nitrogens is 2. The lowest BCUT2D eigenvalue weighted by atomic mass is 9.69. The van der Waals surface area contributed by atoms with Crippen molar-refractivity contribution in [2.45, 2.75) is 44.2 Å². The van der Waals surface area contributed by atoms with Crippen LogP contribution in [0.2, 0.25) is 0 Å². The van der Waals surface area contributed by atoms with Gasteiger partial charge in [-0.15, -0.1) is 0 Å². The molecule has 2 bridgehead atoms. The number of amides is 1. The van der Waals surface area contributed by atoms with Gasteiger partial charge in [-0.3, -0.25) is 14.6 Å². The minimum absolute atomic E-state index is 0.0610. The quantitative estimate of drug-likeness (QED) is 0.357. The van der Waals surface area contributed by atoms with Gasteiger partial charge in [0.15, 0.2) is 0 Å². The van der Waals surface area contributed by atoms with Crippen LogP contribution in [0.3, 0.4) is 0 Å². The van der Waals surface area contributed by atoms with Crippen LogP contribution in [-0.2, 0) is 11.3 Å². The SMILES string of the molecule is O=C(NC1([C@H]2CC3(C(=O)O)CC2C3)CC1)c1cccc2ccn(Cc3ccc(-c4ccccc4)nc3)c12. The Bertz CT molecular complexity index is 1510. The Labute approximate surface area is 215 Å². The molecule has 0 radical (unpaired) electrons. The number of carbonyl (C=O) groups excluding carboxylic acids is 1. The van der Waals surface area contributed by atoms with Crippen LogP contribution >= 0.6 is 0 Å². The fraction of sp³-hybridized carbons (Fsp3) is 0.323. The van der Waals surface area contributed by atoms with Gasteiger partial charge in [-0.2, -0.15) is 0 Å². The van der Waals surface area contributed by atoms with Crippen LogP contribution in [0, 0.1) is 17.3 Å². The van der Waals surface area contributed by atoms with Crippen LogP contribution in [0.25, 0.3) is 22.2 Å². The van der Waals surface area contributed by atoms with Gasteiger partial charge in [-0.05, 0) is 67.7 Å². The van der Waals surface area contributed by atoms with E-state index in [1.807, 2.05) is 60.9 Å². The summed E-state index contributed by atoms with van der Waals surface area (Å²) in [6.45, 7) is 0.618. The first-order valence-corrected chi connectivity index (χ1v) is 13.1. The van der Waals surface area contributed by atoms with Crippen molar-refractivity contribution in [2.24, 2.45) is 17.3 Å². The maximum absolute atomic E-state index is 13.7. The summed E-state index contributed by atoms with van der Waals surface area (Å²) in [5.41, 5.74) is 3.88. The third-order valence-electron chi connectivity index (χ3n) is 9.08. The van der Waals surface area contributed by atoms with Gasteiger partial charge in [-0.25, -0.2) is 0 Å². The summed E-state index contributed by atoms with van der Waals surface area (Å²) >= 11 is 0. The zero-order valence-corrected chi connectivity index (χ0v) is 20.6. The van der Waals surface area contributed by atoms with Crippen molar-refractivity contribution in [3.05, 3.63) is 90.3 Å². The third-order valence-corrected chi connectivity index (χ3v) is 9.08. The number of hydrogen-bond acceptors (Lipinski definition) is 3. The minimum atomic E-state index is -0.665. The molecule has 0 unspecified atom stereocenters. The lowest BCUT2D eigenvalue weighted by Crippen LogP contribution is -2.43. The van der Waals surface area contributed by atoms with E-state index >= 15 is 0 Å². The molecule has 0 spiro atoms. The summed E-state index contributed by atoms with van der Waals surface area (Å²) in [5.74, 6) is -0.0333. The average molecular weight is 492 g/mol. The van der Waals surface area contributed by atoms with E-state index in [0.29, 0.717) is 24.4 Å². The molecule has 186 valence electrons. The Balaban J connectivity index is 1.13. The van der Waals surface area contributed by atoms with E-state index in [1.165, 1.54) is 0 Å². The maximum atomic E-state index is 13.7. The van der Waals surface area contributed by atoms with Gasteiger partial charge in [0.1, 0.15) is 0 Å². The molecule has 1 amide bonds. The predicted molar refractivity (Wildman–Crippen MR) is 141 cm³/mol. The van der Waals surface area contributed by atoms with Crippen LogP contribution in [0.15, 0.2) is 79.1 Å². The van der Waals surface area contributed by atoms with Crippen molar-refractivity contribution in [2.75, 3.05) is 0 Å². The molecule has 4 aliphatic rings. The molecule has 37 heavy (non-hydrogen) atoms. The molecule has 0 saturated heterocycles. The second kappa shape index (κ2) is 8.04. The first-order chi connectivity index (χ1) is 18.0. The lowest BCUT2D eigenvalue weighted by molar-refractivity contribution is -0.153. The standard InChI is InChI=1S/C31H29N3O3/c35-28(33-31(12-13-31)25-17-30(29(36)37)15-23(25)16-30)24-8-4-7-22-11-14-34(27(22)24)19-20-9-10-26(32-18-20)21-5-2-1-3-6-21/h1-11,14,18,23,25H,12-13,15-17,19H2,(H,33,35)(H,36,37)/t23?,25-,30?/m0/s1. The fourth-order valence-electron chi connectivity index (χ4n) is 6.98. The number of nitrogens with one attached hydrogen (secondary N) is 1. The van der Waals surface area contributed by atoms with Gasteiger partial charge in [0, 0.05) is 35.4 Å². The summed E-state index contributed by atoms with van der Waals surface area (Å²) in [4.78, 5) is 30.1. The van der Waals surface area contributed by atoms with Crippen LogP contribution < -0.4 is 5.32 Å².